The molecule has 17 heavy (non-hydrogen) atoms. The van der Waals surface area contributed by atoms with Crippen molar-refractivity contribution in [3.05, 3.63) is 24.3 Å². The zero-order valence-corrected chi connectivity index (χ0v) is 9.89. The third-order valence-corrected chi connectivity index (χ3v) is 2.40. The molecule has 2 rings (SSSR count). The van der Waals surface area contributed by atoms with E-state index in [1.165, 1.54) is 0 Å². The van der Waals surface area contributed by atoms with Crippen LogP contribution < -0.4 is 9.47 Å². The summed E-state index contributed by atoms with van der Waals surface area (Å²) in [6.45, 7) is 3.69. The van der Waals surface area contributed by atoms with Gasteiger partial charge in [-0.05, 0) is 12.1 Å². The largest absolute Gasteiger partial charge is 0.490 e. The molecular formula is C13H18O4. The average molecular weight is 238 g/mol. The summed E-state index contributed by atoms with van der Waals surface area (Å²) in [5.41, 5.74) is 0. The lowest BCUT2D eigenvalue weighted by Gasteiger charge is -2.11. The average Bonchev–Trinajstić information content (AvgIpc) is 2.38. The summed E-state index contributed by atoms with van der Waals surface area (Å²) in [6, 6.07) is 7.69. The van der Waals surface area contributed by atoms with Crippen molar-refractivity contribution in [3.63, 3.8) is 0 Å². The Morgan fingerprint density at radius 3 is 2.00 bits per heavy atom. The van der Waals surface area contributed by atoms with Crippen molar-refractivity contribution in [2.24, 2.45) is 0 Å². The summed E-state index contributed by atoms with van der Waals surface area (Å²) in [4.78, 5) is 0. The van der Waals surface area contributed by atoms with Gasteiger partial charge in [0.25, 0.3) is 0 Å². The van der Waals surface area contributed by atoms with Crippen molar-refractivity contribution >= 4 is 0 Å². The van der Waals surface area contributed by atoms with Gasteiger partial charge >= 0.3 is 0 Å². The third-order valence-electron chi connectivity index (χ3n) is 2.40. The third kappa shape index (κ3) is 4.24. The van der Waals surface area contributed by atoms with Crippen LogP contribution in [0.25, 0.3) is 0 Å². The first kappa shape index (κ1) is 12.2. The normalized spacial score (nSPS) is 18.6. The number of para-hydroxylation sites is 2. The van der Waals surface area contributed by atoms with Crippen molar-refractivity contribution < 1.29 is 18.9 Å². The van der Waals surface area contributed by atoms with Crippen molar-refractivity contribution in [2.75, 3.05) is 39.6 Å². The van der Waals surface area contributed by atoms with E-state index in [9.17, 15) is 0 Å². The SMILES string of the molecule is c1ccc2c(c1)OCCCOCCOCCO2. The second-order valence-electron chi connectivity index (χ2n) is 3.72. The molecule has 1 heterocycles. The lowest BCUT2D eigenvalue weighted by Crippen LogP contribution is -2.10. The maximum absolute atomic E-state index is 5.66. The number of fused-ring (bicyclic) bond motifs is 1. The van der Waals surface area contributed by atoms with E-state index >= 15 is 0 Å². The van der Waals surface area contributed by atoms with E-state index in [4.69, 9.17) is 18.9 Å². The molecule has 0 amide bonds. The number of hydrogen-bond donors (Lipinski definition) is 0. The molecule has 0 saturated carbocycles. The van der Waals surface area contributed by atoms with E-state index in [1.54, 1.807) is 0 Å². The van der Waals surface area contributed by atoms with E-state index in [0.29, 0.717) is 39.6 Å². The topological polar surface area (TPSA) is 36.9 Å². The summed E-state index contributed by atoms with van der Waals surface area (Å²) in [7, 11) is 0. The van der Waals surface area contributed by atoms with E-state index in [-0.39, 0.29) is 0 Å². The Hall–Kier alpha value is -1.26. The van der Waals surface area contributed by atoms with Crippen LogP contribution in [-0.4, -0.2) is 39.6 Å². The minimum atomic E-state index is 0.528. The van der Waals surface area contributed by atoms with Crippen LogP contribution in [0.1, 0.15) is 6.42 Å². The molecule has 1 aromatic carbocycles. The quantitative estimate of drug-likeness (QED) is 0.691. The van der Waals surface area contributed by atoms with Crippen LogP contribution in [0.5, 0.6) is 11.5 Å². The molecule has 0 fully saturated rings. The second kappa shape index (κ2) is 7.14. The van der Waals surface area contributed by atoms with Gasteiger partial charge in [-0.25, -0.2) is 0 Å². The molecule has 1 aliphatic rings. The minimum absolute atomic E-state index is 0.528. The summed E-state index contributed by atoms with van der Waals surface area (Å²) in [5.74, 6) is 1.56. The van der Waals surface area contributed by atoms with E-state index in [0.717, 1.165) is 17.9 Å². The molecule has 0 aliphatic carbocycles. The molecule has 0 saturated heterocycles. The van der Waals surface area contributed by atoms with Crippen molar-refractivity contribution in [2.45, 2.75) is 6.42 Å². The first-order chi connectivity index (χ1) is 8.47. The van der Waals surface area contributed by atoms with Gasteiger partial charge in [-0.3, -0.25) is 0 Å². The molecule has 0 radical (unpaired) electrons. The van der Waals surface area contributed by atoms with Gasteiger partial charge in [0.2, 0.25) is 0 Å². The Kier molecular flexibility index (Phi) is 5.13. The smallest absolute Gasteiger partial charge is 0.161 e. The maximum Gasteiger partial charge on any atom is 0.161 e. The first-order valence-corrected chi connectivity index (χ1v) is 5.97. The predicted molar refractivity (Wildman–Crippen MR) is 63.7 cm³/mol. The zero-order valence-electron chi connectivity index (χ0n) is 9.89. The molecule has 0 N–H and O–H groups in total. The highest BCUT2D eigenvalue weighted by molar-refractivity contribution is 5.39. The molecule has 1 aliphatic heterocycles. The Balaban J connectivity index is 1.95. The molecule has 0 aromatic heterocycles. The van der Waals surface area contributed by atoms with Crippen LogP contribution in [0.4, 0.5) is 0 Å². The monoisotopic (exact) mass is 238 g/mol. The molecule has 0 spiro atoms. The summed E-state index contributed by atoms with van der Waals surface area (Å²) in [5, 5.41) is 0. The Labute approximate surface area is 101 Å². The van der Waals surface area contributed by atoms with Gasteiger partial charge in [-0.2, -0.15) is 0 Å². The fourth-order valence-electron chi connectivity index (χ4n) is 1.56. The fraction of sp³-hybridized carbons (Fsp3) is 0.538. The fourth-order valence-corrected chi connectivity index (χ4v) is 1.56. The molecule has 4 nitrogen and oxygen atoms in total. The van der Waals surface area contributed by atoms with Gasteiger partial charge in [0.05, 0.1) is 26.4 Å². The highest BCUT2D eigenvalue weighted by Gasteiger charge is 2.04. The van der Waals surface area contributed by atoms with Gasteiger partial charge in [0.1, 0.15) is 6.61 Å². The molecular weight excluding hydrogens is 220 g/mol. The zero-order chi connectivity index (χ0) is 11.8. The highest BCUT2D eigenvalue weighted by atomic mass is 16.6. The van der Waals surface area contributed by atoms with Gasteiger partial charge in [0, 0.05) is 13.0 Å². The van der Waals surface area contributed by atoms with Crippen LogP contribution in [0.3, 0.4) is 0 Å². The minimum Gasteiger partial charge on any atom is -0.490 e. The number of ether oxygens (including phenoxy) is 4. The highest BCUT2D eigenvalue weighted by Crippen LogP contribution is 2.26. The van der Waals surface area contributed by atoms with E-state index in [2.05, 4.69) is 0 Å². The van der Waals surface area contributed by atoms with Gasteiger partial charge in [-0.1, -0.05) is 12.1 Å². The van der Waals surface area contributed by atoms with Crippen LogP contribution >= 0.6 is 0 Å². The van der Waals surface area contributed by atoms with Crippen molar-refractivity contribution in [1.82, 2.24) is 0 Å². The molecule has 1 aromatic rings. The number of rotatable bonds is 0. The molecule has 0 unspecified atom stereocenters. The van der Waals surface area contributed by atoms with Crippen LogP contribution in [0.2, 0.25) is 0 Å². The molecule has 0 bridgehead atoms. The first-order valence-electron chi connectivity index (χ1n) is 5.97. The van der Waals surface area contributed by atoms with Gasteiger partial charge in [0.15, 0.2) is 11.5 Å². The molecule has 0 atom stereocenters. The Morgan fingerprint density at radius 1 is 0.647 bits per heavy atom. The van der Waals surface area contributed by atoms with E-state index < -0.39 is 0 Å². The van der Waals surface area contributed by atoms with Crippen molar-refractivity contribution in [3.8, 4) is 11.5 Å². The van der Waals surface area contributed by atoms with Gasteiger partial charge in [-0.15, -0.1) is 0 Å². The van der Waals surface area contributed by atoms with Crippen LogP contribution in [-0.2, 0) is 9.47 Å². The standard InChI is InChI=1S/C13H18O4/c1-2-5-13-12(4-1)16-7-3-6-14-8-9-15-10-11-17-13/h1-2,4-5H,3,6-11H2. The van der Waals surface area contributed by atoms with Crippen molar-refractivity contribution in [1.29, 1.82) is 0 Å². The maximum atomic E-state index is 5.66. The van der Waals surface area contributed by atoms with E-state index in [1.807, 2.05) is 24.3 Å². The second-order valence-corrected chi connectivity index (χ2v) is 3.72. The Bertz CT molecular complexity index is 296. The number of hydrogen-bond acceptors (Lipinski definition) is 4. The Morgan fingerprint density at radius 2 is 1.24 bits per heavy atom. The molecule has 94 valence electrons. The molecule has 4 heteroatoms. The lowest BCUT2D eigenvalue weighted by atomic mass is 10.3. The summed E-state index contributed by atoms with van der Waals surface area (Å²) >= 11 is 0. The van der Waals surface area contributed by atoms with Gasteiger partial charge < -0.3 is 18.9 Å². The summed E-state index contributed by atoms with van der Waals surface area (Å²) < 4.78 is 22.0. The van der Waals surface area contributed by atoms with Crippen LogP contribution in [0.15, 0.2) is 24.3 Å². The lowest BCUT2D eigenvalue weighted by molar-refractivity contribution is 0.0354. The predicted octanol–water partition coefficient (Wildman–Crippen LogP) is 1.88. The summed E-state index contributed by atoms with van der Waals surface area (Å²) in [6.07, 6.45) is 0.869. The van der Waals surface area contributed by atoms with Crippen LogP contribution in [0, 0.1) is 0 Å². The number of benzene rings is 1.